The van der Waals surface area contributed by atoms with Crippen LogP contribution < -0.4 is 5.32 Å². The zero-order chi connectivity index (χ0) is 16.2. The fraction of sp³-hybridized carbons (Fsp3) is 0.647. The van der Waals surface area contributed by atoms with Crippen molar-refractivity contribution < 1.29 is 0 Å². The van der Waals surface area contributed by atoms with Crippen LogP contribution in [0.3, 0.4) is 0 Å². The molecule has 0 spiro atoms. The first-order valence-corrected chi connectivity index (χ1v) is 9.86. The van der Waals surface area contributed by atoms with Crippen molar-refractivity contribution in [3.05, 3.63) is 15.7 Å². The van der Waals surface area contributed by atoms with Crippen molar-refractivity contribution >= 4 is 39.0 Å². The molecule has 0 fully saturated rings. The lowest BCUT2D eigenvalue weighted by atomic mass is 9.97. The Balaban J connectivity index is 1.76. The second-order valence-electron chi connectivity index (χ2n) is 6.04. The normalized spacial score (nSPS) is 14.4. The van der Waals surface area contributed by atoms with Crippen LogP contribution in [-0.2, 0) is 12.8 Å². The molecule has 1 aliphatic rings. The highest BCUT2D eigenvalue weighted by molar-refractivity contribution is 7.19. The summed E-state index contributed by atoms with van der Waals surface area (Å²) < 4.78 is 0. The Hall–Kier alpha value is -0.910. The van der Waals surface area contributed by atoms with Crippen LogP contribution in [0.2, 0.25) is 5.28 Å². The Morgan fingerprint density at radius 2 is 1.96 bits per heavy atom. The van der Waals surface area contributed by atoms with Gasteiger partial charge in [-0.1, -0.05) is 13.8 Å². The molecule has 2 heterocycles. The monoisotopic (exact) mass is 352 g/mol. The molecule has 1 N–H and O–H groups in total. The predicted octanol–water partition coefficient (Wildman–Crippen LogP) is 4.37. The van der Waals surface area contributed by atoms with Crippen LogP contribution in [0.4, 0.5) is 5.82 Å². The molecule has 6 heteroatoms. The number of fused-ring (bicyclic) bond motifs is 3. The van der Waals surface area contributed by atoms with Crippen LogP contribution in [0.5, 0.6) is 0 Å². The number of aryl methyl sites for hydroxylation is 2. The lowest BCUT2D eigenvalue weighted by molar-refractivity contribution is 0.303. The number of hydrogen-bond donors (Lipinski definition) is 1. The summed E-state index contributed by atoms with van der Waals surface area (Å²) in [6.45, 7) is 8.67. The van der Waals surface area contributed by atoms with E-state index in [9.17, 15) is 0 Å². The van der Waals surface area contributed by atoms with Gasteiger partial charge in [0.15, 0.2) is 0 Å². The number of halogens is 1. The van der Waals surface area contributed by atoms with Crippen LogP contribution in [0.25, 0.3) is 10.2 Å². The fourth-order valence-corrected chi connectivity index (χ4v) is 4.79. The van der Waals surface area contributed by atoms with Crippen LogP contribution >= 0.6 is 22.9 Å². The summed E-state index contributed by atoms with van der Waals surface area (Å²) in [5, 5.41) is 5.08. The summed E-state index contributed by atoms with van der Waals surface area (Å²) >= 11 is 7.93. The molecule has 0 radical (unpaired) electrons. The van der Waals surface area contributed by atoms with Gasteiger partial charge in [0, 0.05) is 11.4 Å². The summed E-state index contributed by atoms with van der Waals surface area (Å²) in [6.07, 6.45) is 5.98. The van der Waals surface area contributed by atoms with E-state index in [1.54, 1.807) is 11.3 Å². The van der Waals surface area contributed by atoms with Crippen LogP contribution in [0.15, 0.2) is 0 Å². The van der Waals surface area contributed by atoms with Crippen molar-refractivity contribution in [1.29, 1.82) is 0 Å². The molecule has 23 heavy (non-hydrogen) atoms. The summed E-state index contributed by atoms with van der Waals surface area (Å²) in [5.41, 5.74) is 1.46. The molecular weight excluding hydrogens is 328 g/mol. The molecule has 0 saturated carbocycles. The number of rotatable bonds is 7. The van der Waals surface area contributed by atoms with E-state index in [1.165, 1.54) is 35.1 Å². The average molecular weight is 353 g/mol. The van der Waals surface area contributed by atoms with E-state index in [4.69, 9.17) is 11.6 Å². The second kappa shape index (κ2) is 7.77. The fourth-order valence-electron chi connectivity index (χ4n) is 3.31. The smallest absolute Gasteiger partial charge is 0.225 e. The van der Waals surface area contributed by atoms with E-state index in [2.05, 4.69) is 34.0 Å². The summed E-state index contributed by atoms with van der Waals surface area (Å²) in [6, 6.07) is 0. The number of anilines is 1. The van der Waals surface area contributed by atoms with Gasteiger partial charge in [0.1, 0.15) is 10.6 Å². The molecule has 0 aromatic carbocycles. The van der Waals surface area contributed by atoms with Crippen LogP contribution in [0.1, 0.15) is 43.6 Å². The first-order valence-electron chi connectivity index (χ1n) is 8.67. The maximum absolute atomic E-state index is 6.13. The van der Waals surface area contributed by atoms with Crippen molar-refractivity contribution in [2.24, 2.45) is 0 Å². The van der Waals surface area contributed by atoms with Gasteiger partial charge in [0.25, 0.3) is 0 Å². The SMILES string of the molecule is CCN(CC)CCCNc1nc(Cl)nc2sc3c(c12)CCCC3. The number of nitrogens with zero attached hydrogens (tertiary/aromatic N) is 3. The van der Waals surface area contributed by atoms with Gasteiger partial charge >= 0.3 is 0 Å². The minimum Gasteiger partial charge on any atom is -0.369 e. The Bertz CT molecular complexity index is 666. The van der Waals surface area contributed by atoms with Crippen molar-refractivity contribution in [2.75, 3.05) is 31.5 Å². The summed E-state index contributed by atoms with van der Waals surface area (Å²) in [4.78, 5) is 13.9. The zero-order valence-electron chi connectivity index (χ0n) is 14.0. The Kier molecular flexibility index (Phi) is 5.72. The lowest BCUT2D eigenvalue weighted by Gasteiger charge is -2.18. The number of thiophene rings is 1. The molecule has 2 aromatic heterocycles. The van der Waals surface area contributed by atoms with Gasteiger partial charge in [-0.2, -0.15) is 0 Å². The maximum Gasteiger partial charge on any atom is 0.225 e. The highest BCUT2D eigenvalue weighted by atomic mass is 35.5. The third-order valence-electron chi connectivity index (χ3n) is 4.63. The van der Waals surface area contributed by atoms with Crippen molar-refractivity contribution in [2.45, 2.75) is 46.0 Å². The van der Waals surface area contributed by atoms with Gasteiger partial charge in [0.05, 0.1) is 5.39 Å². The van der Waals surface area contributed by atoms with Crippen molar-refractivity contribution in [3.63, 3.8) is 0 Å². The van der Waals surface area contributed by atoms with Gasteiger partial charge in [0.2, 0.25) is 5.28 Å². The average Bonchev–Trinajstić information content (AvgIpc) is 2.92. The van der Waals surface area contributed by atoms with Gasteiger partial charge in [-0.3, -0.25) is 0 Å². The first kappa shape index (κ1) is 16.9. The zero-order valence-corrected chi connectivity index (χ0v) is 15.6. The topological polar surface area (TPSA) is 41.0 Å². The molecule has 3 rings (SSSR count). The van der Waals surface area contributed by atoms with E-state index in [1.807, 2.05) is 0 Å². The predicted molar refractivity (Wildman–Crippen MR) is 100.0 cm³/mol. The molecule has 0 bridgehead atoms. The third kappa shape index (κ3) is 3.78. The minimum absolute atomic E-state index is 0.349. The highest BCUT2D eigenvalue weighted by Crippen LogP contribution is 2.39. The highest BCUT2D eigenvalue weighted by Gasteiger charge is 2.20. The molecular formula is C17H25ClN4S. The largest absolute Gasteiger partial charge is 0.369 e. The quantitative estimate of drug-likeness (QED) is 0.593. The molecule has 126 valence electrons. The Morgan fingerprint density at radius 1 is 1.17 bits per heavy atom. The molecule has 0 unspecified atom stereocenters. The van der Waals surface area contributed by atoms with E-state index >= 15 is 0 Å². The van der Waals surface area contributed by atoms with Crippen molar-refractivity contribution in [3.8, 4) is 0 Å². The molecule has 0 amide bonds. The van der Waals surface area contributed by atoms with Gasteiger partial charge in [-0.25, -0.2) is 9.97 Å². The van der Waals surface area contributed by atoms with Gasteiger partial charge < -0.3 is 10.2 Å². The van der Waals surface area contributed by atoms with E-state index < -0.39 is 0 Å². The summed E-state index contributed by atoms with van der Waals surface area (Å²) in [5.74, 6) is 0.930. The molecule has 0 saturated heterocycles. The third-order valence-corrected chi connectivity index (χ3v) is 5.98. The number of aromatic nitrogens is 2. The maximum atomic E-state index is 6.13. The van der Waals surface area contributed by atoms with E-state index in [0.717, 1.165) is 49.7 Å². The van der Waals surface area contributed by atoms with Gasteiger partial charge in [-0.15, -0.1) is 11.3 Å². The number of hydrogen-bond acceptors (Lipinski definition) is 5. The Morgan fingerprint density at radius 3 is 2.74 bits per heavy atom. The van der Waals surface area contributed by atoms with E-state index in [-0.39, 0.29) is 0 Å². The van der Waals surface area contributed by atoms with Crippen LogP contribution in [-0.4, -0.2) is 41.0 Å². The second-order valence-corrected chi connectivity index (χ2v) is 7.46. The Labute approximate surface area is 147 Å². The summed E-state index contributed by atoms with van der Waals surface area (Å²) in [7, 11) is 0. The molecule has 0 aliphatic heterocycles. The minimum atomic E-state index is 0.349. The number of nitrogens with one attached hydrogen (secondary N) is 1. The molecule has 1 aliphatic carbocycles. The van der Waals surface area contributed by atoms with Crippen LogP contribution in [0, 0.1) is 0 Å². The molecule has 0 atom stereocenters. The molecule has 4 nitrogen and oxygen atoms in total. The standard InChI is InChI=1S/C17H25ClN4S/c1-3-22(4-2)11-7-10-19-15-14-12-8-5-6-9-13(12)23-16(14)21-17(18)20-15/h3-11H2,1-2H3,(H,19,20,21). The first-order chi connectivity index (χ1) is 11.2. The van der Waals surface area contributed by atoms with Crippen molar-refractivity contribution in [1.82, 2.24) is 14.9 Å². The van der Waals surface area contributed by atoms with Gasteiger partial charge in [-0.05, 0) is 68.9 Å². The lowest BCUT2D eigenvalue weighted by Crippen LogP contribution is -2.25. The van der Waals surface area contributed by atoms with E-state index in [0.29, 0.717) is 5.28 Å². The molecule has 2 aromatic rings.